The van der Waals surface area contributed by atoms with E-state index in [0.29, 0.717) is 12.6 Å². The highest BCUT2D eigenvalue weighted by Gasteiger charge is 2.34. The van der Waals surface area contributed by atoms with Gasteiger partial charge in [0.1, 0.15) is 0 Å². The van der Waals surface area contributed by atoms with E-state index in [1.54, 1.807) is 11.4 Å². The minimum atomic E-state index is -3.44. The standard InChI is InChI=1S/C14H29N3O3S/c1-14(2,20-3)11-16-21(18,19)17-9-5-4-6-13(17)10-15-12-7-8-12/h12-13,15-16H,4-11H2,1-3H3. The van der Waals surface area contributed by atoms with Crippen molar-refractivity contribution in [1.82, 2.24) is 14.3 Å². The smallest absolute Gasteiger partial charge is 0.279 e. The normalized spacial score (nSPS) is 25.2. The summed E-state index contributed by atoms with van der Waals surface area (Å²) in [5, 5.41) is 3.45. The number of ether oxygens (including phenoxy) is 1. The summed E-state index contributed by atoms with van der Waals surface area (Å²) in [4.78, 5) is 0. The molecule has 2 N–H and O–H groups in total. The Morgan fingerprint density at radius 3 is 2.57 bits per heavy atom. The van der Waals surface area contributed by atoms with Crippen molar-refractivity contribution in [2.45, 2.75) is 63.6 Å². The minimum absolute atomic E-state index is 0.0718. The first-order chi connectivity index (χ1) is 9.84. The van der Waals surface area contributed by atoms with Gasteiger partial charge in [0.15, 0.2) is 0 Å². The van der Waals surface area contributed by atoms with E-state index in [1.807, 2.05) is 13.8 Å². The van der Waals surface area contributed by atoms with Crippen molar-refractivity contribution in [3.8, 4) is 0 Å². The Hall–Kier alpha value is -0.210. The molecule has 0 bridgehead atoms. The topological polar surface area (TPSA) is 70.7 Å². The lowest BCUT2D eigenvalue weighted by molar-refractivity contribution is 0.0271. The van der Waals surface area contributed by atoms with Crippen LogP contribution in [0.2, 0.25) is 0 Å². The maximum atomic E-state index is 12.6. The van der Waals surface area contributed by atoms with Crippen molar-refractivity contribution >= 4 is 10.2 Å². The largest absolute Gasteiger partial charge is 0.377 e. The van der Waals surface area contributed by atoms with Gasteiger partial charge in [-0.2, -0.15) is 17.4 Å². The summed E-state index contributed by atoms with van der Waals surface area (Å²) in [6.45, 7) is 5.40. The molecule has 21 heavy (non-hydrogen) atoms. The molecule has 2 fully saturated rings. The Balaban J connectivity index is 1.93. The summed E-state index contributed by atoms with van der Waals surface area (Å²) in [6, 6.07) is 0.680. The average Bonchev–Trinajstić information content (AvgIpc) is 3.28. The number of piperidine rings is 1. The molecule has 2 aliphatic rings. The average molecular weight is 319 g/mol. The van der Waals surface area contributed by atoms with Crippen molar-refractivity contribution in [3.63, 3.8) is 0 Å². The molecule has 6 nitrogen and oxygen atoms in total. The molecule has 1 unspecified atom stereocenters. The van der Waals surface area contributed by atoms with Crippen LogP contribution in [-0.4, -0.2) is 57.2 Å². The van der Waals surface area contributed by atoms with Crippen molar-refractivity contribution in [2.75, 3.05) is 26.7 Å². The zero-order valence-corrected chi connectivity index (χ0v) is 14.2. The molecule has 0 aromatic heterocycles. The van der Waals surface area contributed by atoms with Crippen LogP contribution in [0.5, 0.6) is 0 Å². The molecule has 1 aliphatic heterocycles. The fraction of sp³-hybridized carbons (Fsp3) is 1.00. The predicted molar refractivity (Wildman–Crippen MR) is 83.4 cm³/mol. The highest BCUT2D eigenvalue weighted by molar-refractivity contribution is 7.87. The quantitative estimate of drug-likeness (QED) is 0.696. The molecule has 1 atom stereocenters. The molecule has 1 saturated carbocycles. The van der Waals surface area contributed by atoms with Crippen LogP contribution in [0.15, 0.2) is 0 Å². The van der Waals surface area contributed by atoms with E-state index in [1.165, 1.54) is 12.8 Å². The number of hydrogen-bond donors (Lipinski definition) is 2. The van der Waals surface area contributed by atoms with E-state index in [-0.39, 0.29) is 12.6 Å². The first-order valence-electron chi connectivity index (χ1n) is 7.89. The summed E-state index contributed by atoms with van der Waals surface area (Å²) in [7, 11) is -1.85. The van der Waals surface area contributed by atoms with Crippen LogP contribution in [-0.2, 0) is 14.9 Å². The van der Waals surface area contributed by atoms with Gasteiger partial charge >= 0.3 is 0 Å². The highest BCUT2D eigenvalue weighted by atomic mass is 32.2. The Labute approximate surface area is 128 Å². The predicted octanol–water partition coefficient (Wildman–Crippen LogP) is 0.852. The Morgan fingerprint density at radius 1 is 1.24 bits per heavy atom. The third-order valence-corrected chi connectivity index (χ3v) is 5.94. The van der Waals surface area contributed by atoms with Crippen LogP contribution in [0.3, 0.4) is 0 Å². The first-order valence-corrected chi connectivity index (χ1v) is 9.33. The second kappa shape index (κ2) is 6.91. The van der Waals surface area contributed by atoms with Crippen molar-refractivity contribution in [3.05, 3.63) is 0 Å². The van der Waals surface area contributed by atoms with Crippen LogP contribution >= 0.6 is 0 Å². The van der Waals surface area contributed by atoms with Gasteiger partial charge in [0.2, 0.25) is 0 Å². The maximum absolute atomic E-state index is 12.6. The van der Waals surface area contributed by atoms with Crippen LogP contribution < -0.4 is 10.0 Å². The molecule has 1 aliphatic carbocycles. The van der Waals surface area contributed by atoms with Gasteiger partial charge in [-0.25, -0.2) is 0 Å². The van der Waals surface area contributed by atoms with E-state index in [4.69, 9.17) is 4.74 Å². The Morgan fingerprint density at radius 2 is 1.95 bits per heavy atom. The second-order valence-electron chi connectivity index (χ2n) is 6.73. The van der Waals surface area contributed by atoms with Crippen LogP contribution in [0, 0.1) is 0 Å². The molecule has 0 radical (unpaired) electrons. The number of rotatable bonds is 8. The number of nitrogens with one attached hydrogen (secondary N) is 2. The van der Waals surface area contributed by atoms with Crippen molar-refractivity contribution < 1.29 is 13.2 Å². The molecule has 124 valence electrons. The summed E-state index contributed by atoms with van der Waals surface area (Å²) >= 11 is 0. The lowest BCUT2D eigenvalue weighted by Gasteiger charge is -2.35. The zero-order valence-electron chi connectivity index (χ0n) is 13.4. The van der Waals surface area contributed by atoms with Crippen molar-refractivity contribution in [1.29, 1.82) is 0 Å². The Bertz CT molecular complexity index is 435. The molecule has 0 aromatic carbocycles. The van der Waals surface area contributed by atoms with Crippen LogP contribution in [0.1, 0.15) is 46.0 Å². The van der Waals surface area contributed by atoms with Gasteiger partial charge in [0.25, 0.3) is 10.2 Å². The van der Waals surface area contributed by atoms with Crippen molar-refractivity contribution in [2.24, 2.45) is 0 Å². The van der Waals surface area contributed by atoms with Crippen LogP contribution in [0.4, 0.5) is 0 Å². The molecule has 7 heteroatoms. The second-order valence-corrected chi connectivity index (χ2v) is 8.44. The molecular weight excluding hydrogens is 290 g/mol. The molecule has 2 rings (SSSR count). The minimum Gasteiger partial charge on any atom is -0.377 e. The number of methoxy groups -OCH3 is 1. The summed E-state index contributed by atoms with van der Waals surface area (Å²) in [6.07, 6.45) is 5.43. The molecule has 0 spiro atoms. The summed E-state index contributed by atoms with van der Waals surface area (Å²) < 4.78 is 34.7. The van der Waals surface area contributed by atoms with E-state index >= 15 is 0 Å². The SMILES string of the molecule is COC(C)(C)CNS(=O)(=O)N1CCCCC1CNC1CC1. The number of hydrogen-bond acceptors (Lipinski definition) is 4. The highest BCUT2D eigenvalue weighted by Crippen LogP contribution is 2.23. The monoisotopic (exact) mass is 319 g/mol. The molecule has 1 heterocycles. The first kappa shape index (κ1) is 17.1. The Kier molecular flexibility index (Phi) is 5.65. The maximum Gasteiger partial charge on any atom is 0.279 e. The summed E-state index contributed by atoms with van der Waals surface area (Å²) in [5.41, 5.74) is -0.495. The fourth-order valence-electron chi connectivity index (χ4n) is 2.50. The van der Waals surface area contributed by atoms with Gasteiger partial charge in [-0.3, -0.25) is 0 Å². The molecule has 0 amide bonds. The third kappa shape index (κ3) is 5.17. The van der Waals surface area contributed by atoms with Gasteiger partial charge in [-0.05, 0) is 39.5 Å². The van der Waals surface area contributed by atoms with E-state index in [2.05, 4.69) is 10.0 Å². The van der Waals surface area contributed by atoms with E-state index in [0.717, 1.165) is 25.8 Å². The third-order valence-electron chi connectivity index (χ3n) is 4.33. The van der Waals surface area contributed by atoms with Crippen LogP contribution in [0.25, 0.3) is 0 Å². The van der Waals surface area contributed by atoms with E-state index in [9.17, 15) is 8.42 Å². The lowest BCUT2D eigenvalue weighted by atomic mass is 10.1. The van der Waals surface area contributed by atoms with Gasteiger partial charge in [-0.1, -0.05) is 6.42 Å². The molecule has 0 aromatic rings. The van der Waals surface area contributed by atoms with E-state index < -0.39 is 15.8 Å². The molecular formula is C14H29N3O3S. The zero-order chi connectivity index (χ0) is 15.5. The number of nitrogens with zero attached hydrogens (tertiary/aromatic N) is 1. The fourth-order valence-corrected chi connectivity index (χ4v) is 4.14. The van der Waals surface area contributed by atoms with Gasteiger partial charge < -0.3 is 10.1 Å². The molecule has 1 saturated heterocycles. The summed E-state index contributed by atoms with van der Waals surface area (Å²) in [5.74, 6) is 0. The van der Waals surface area contributed by atoms with Gasteiger partial charge in [0, 0.05) is 38.8 Å². The lowest BCUT2D eigenvalue weighted by Crippen LogP contribution is -2.54. The van der Waals surface area contributed by atoms with Gasteiger partial charge in [-0.15, -0.1) is 0 Å². The van der Waals surface area contributed by atoms with Gasteiger partial charge in [0.05, 0.1) is 5.60 Å².